The van der Waals surface area contributed by atoms with Crippen LogP contribution < -0.4 is 28.0 Å². The molecule has 0 radical (unpaired) electrons. The second-order valence-electron chi connectivity index (χ2n) is 19.6. The van der Waals surface area contributed by atoms with Gasteiger partial charge in [-0.25, -0.2) is 8.98 Å². The molecule has 6 N–H and O–H groups in total. The fraction of sp³-hybridized carbons (Fsp3) is 0.659. The SMILES string of the molecule is Cc1cn([C@@H]2O[C@H](CO[Si](C)(C)C(C)(C)C)[C@@]3(OS(=O)(=O)C=C3N)[C@H]2O[Si](C)(C)C(C)(C)C)c(=O)n(CCCNC(=O)[C@@H]2CCCN2C(=O)[C@@H](N)Cc2ccc(O)cc2)c1=O. The molecule has 1 aromatic heterocycles. The molecule has 0 aliphatic carbocycles. The minimum atomic E-state index is -4.31. The number of nitrogens with one attached hydrogen (secondary N) is 1. The van der Waals surface area contributed by atoms with Gasteiger partial charge in [-0.2, -0.15) is 8.42 Å². The van der Waals surface area contributed by atoms with Gasteiger partial charge in [0.05, 0.1) is 23.8 Å². The van der Waals surface area contributed by atoms with Crippen LogP contribution >= 0.6 is 0 Å². The second-order valence-corrected chi connectivity index (χ2v) is 30.6. The lowest BCUT2D eigenvalue weighted by Gasteiger charge is -2.43. The Morgan fingerprint density at radius 2 is 1.67 bits per heavy atom. The third kappa shape index (κ3) is 9.95. The van der Waals surface area contributed by atoms with Crippen molar-refractivity contribution in [2.24, 2.45) is 11.5 Å². The van der Waals surface area contributed by atoms with Crippen molar-refractivity contribution in [3.8, 4) is 5.75 Å². The Morgan fingerprint density at radius 3 is 2.25 bits per heavy atom. The molecule has 340 valence electrons. The summed E-state index contributed by atoms with van der Waals surface area (Å²) in [5, 5.41) is 12.7. The highest BCUT2D eigenvalue weighted by Gasteiger charge is 2.67. The van der Waals surface area contributed by atoms with E-state index >= 15 is 0 Å². The number of benzene rings is 1. The normalized spacial score (nSPS) is 24.9. The Balaban J connectivity index is 1.40. The van der Waals surface area contributed by atoms with Crippen LogP contribution in [0.15, 0.2) is 51.2 Å². The predicted octanol–water partition coefficient (Wildman–Crippen LogP) is 3.30. The highest BCUT2D eigenvalue weighted by atomic mass is 32.2. The summed E-state index contributed by atoms with van der Waals surface area (Å²) in [6, 6.07) is 4.82. The van der Waals surface area contributed by atoms with Crippen LogP contribution in [0, 0.1) is 6.92 Å². The Morgan fingerprint density at radius 1 is 1.05 bits per heavy atom. The molecule has 2 aromatic rings. The molecule has 0 bridgehead atoms. The maximum atomic E-state index is 14.5. The zero-order valence-corrected chi connectivity index (χ0v) is 40.3. The highest BCUT2D eigenvalue weighted by Crippen LogP contribution is 2.52. The van der Waals surface area contributed by atoms with Crippen LogP contribution in [-0.2, 0) is 50.4 Å². The van der Waals surface area contributed by atoms with Crippen LogP contribution in [0.1, 0.15) is 78.2 Å². The smallest absolute Gasteiger partial charge is 0.333 e. The molecule has 2 amide bonds. The molecule has 1 spiro atoms. The van der Waals surface area contributed by atoms with E-state index in [9.17, 15) is 32.7 Å². The molecule has 17 nitrogen and oxygen atoms in total. The van der Waals surface area contributed by atoms with E-state index in [1.54, 1.807) is 19.1 Å². The zero-order chi connectivity index (χ0) is 45.7. The first kappa shape index (κ1) is 48.4. The van der Waals surface area contributed by atoms with Crippen molar-refractivity contribution in [2.45, 2.75) is 153 Å². The number of carbonyl (C=O) groups excluding carboxylic acids is 2. The van der Waals surface area contributed by atoms with Gasteiger partial charge in [0, 0.05) is 31.4 Å². The lowest BCUT2D eigenvalue weighted by molar-refractivity contribution is -0.139. The largest absolute Gasteiger partial charge is 0.508 e. The van der Waals surface area contributed by atoms with Crippen LogP contribution in [0.3, 0.4) is 0 Å². The summed E-state index contributed by atoms with van der Waals surface area (Å²) >= 11 is 0. The van der Waals surface area contributed by atoms with E-state index in [4.69, 9.17) is 29.2 Å². The summed E-state index contributed by atoms with van der Waals surface area (Å²) in [7, 11) is -9.57. The number of nitrogens with two attached hydrogens (primary N) is 2. The monoisotopic (exact) mass is 906 g/mol. The van der Waals surface area contributed by atoms with Crippen molar-refractivity contribution in [3.63, 3.8) is 0 Å². The van der Waals surface area contributed by atoms with Gasteiger partial charge in [-0.3, -0.25) is 23.5 Å². The van der Waals surface area contributed by atoms with E-state index in [2.05, 4.69) is 26.1 Å². The van der Waals surface area contributed by atoms with Crippen LogP contribution in [0.2, 0.25) is 36.3 Å². The van der Waals surface area contributed by atoms with Gasteiger partial charge in [0.1, 0.15) is 24.0 Å². The minimum Gasteiger partial charge on any atom is -0.508 e. The summed E-state index contributed by atoms with van der Waals surface area (Å²) < 4.78 is 54.9. The number of phenolic OH excluding ortho intramolecular Hbond substituents is 1. The number of aromatic hydroxyl groups is 1. The van der Waals surface area contributed by atoms with Gasteiger partial charge in [-0.1, -0.05) is 53.7 Å². The summed E-state index contributed by atoms with van der Waals surface area (Å²) in [5.74, 6) is -0.612. The summed E-state index contributed by atoms with van der Waals surface area (Å²) in [5.41, 5.74) is 10.6. The number of carbonyl (C=O) groups is 2. The standard InChI is InChI=1S/C41H66N6O11SSi2/c1-26-23-47(37-33(57-61(10,11)40(5,6)7)41(31(43)25-59(53,54)58-41)32(56-37)24-55-60(8,9)39(2,3)4)38(52)46(35(26)50)21-13-19-44-34(49)30-14-12-20-45(30)36(51)29(42)22-27-15-17-28(48)18-16-27/h15-18,23,25,29-30,32-33,37,48H,12-14,19-22,24,42-43H2,1-11H3,(H,44,49)/t29-,30-,32+,33-,37+,41+/m0/s1. The van der Waals surface area contributed by atoms with Gasteiger partial charge < -0.3 is 40.4 Å². The Kier molecular flexibility index (Phi) is 13.9. The molecule has 0 saturated carbocycles. The Hall–Kier alpha value is -3.64. The predicted molar refractivity (Wildman–Crippen MR) is 236 cm³/mol. The molecular weight excluding hydrogens is 841 g/mol. The molecule has 2 saturated heterocycles. The molecule has 20 heteroatoms. The lowest BCUT2D eigenvalue weighted by atomic mass is 9.89. The number of ether oxygens (including phenoxy) is 1. The van der Waals surface area contributed by atoms with Crippen molar-refractivity contribution in [2.75, 3.05) is 19.7 Å². The average molecular weight is 907 g/mol. The molecule has 61 heavy (non-hydrogen) atoms. The molecule has 0 unspecified atom stereocenters. The highest BCUT2D eigenvalue weighted by molar-refractivity contribution is 7.90. The van der Waals surface area contributed by atoms with Crippen LogP contribution in [0.4, 0.5) is 0 Å². The molecule has 5 rings (SSSR count). The lowest BCUT2D eigenvalue weighted by Crippen LogP contribution is -2.59. The summed E-state index contributed by atoms with van der Waals surface area (Å²) in [6.07, 6.45) is -0.812. The maximum Gasteiger partial charge on any atom is 0.333 e. The van der Waals surface area contributed by atoms with Gasteiger partial charge in [0.25, 0.3) is 15.7 Å². The van der Waals surface area contributed by atoms with Gasteiger partial charge >= 0.3 is 5.69 Å². The molecular formula is C41H66N6O11SSi2. The van der Waals surface area contributed by atoms with Crippen LogP contribution in [0.5, 0.6) is 5.75 Å². The molecule has 6 atom stereocenters. The van der Waals surface area contributed by atoms with Crippen molar-refractivity contribution >= 4 is 38.6 Å². The van der Waals surface area contributed by atoms with Crippen LogP contribution in [0.25, 0.3) is 0 Å². The van der Waals surface area contributed by atoms with E-state index in [1.807, 2.05) is 47.0 Å². The number of rotatable bonds is 14. The number of aromatic nitrogens is 2. The number of likely N-dealkylation sites (tertiary alicyclic amines) is 1. The molecule has 4 heterocycles. The number of phenols is 1. The van der Waals surface area contributed by atoms with Gasteiger partial charge in [-0.15, -0.1) is 0 Å². The van der Waals surface area contributed by atoms with Crippen molar-refractivity contribution < 1.29 is 40.9 Å². The molecule has 1 aromatic carbocycles. The molecule has 2 fully saturated rings. The minimum absolute atomic E-state index is 0.0824. The Labute approximate surface area is 361 Å². The van der Waals surface area contributed by atoms with E-state index in [1.165, 1.54) is 27.8 Å². The fourth-order valence-corrected chi connectivity index (χ4v) is 10.9. The van der Waals surface area contributed by atoms with E-state index < -0.39 is 74.1 Å². The van der Waals surface area contributed by atoms with Crippen molar-refractivity contribution in [1.82, 2.24) is 19.4 Å². The Bertz CT molecular complexity index is 2230. The summed E-state index contributed by atoms with van der Waals surface area (Å²) in [4.78, 5) is 56.3. The quantitative estimate of drug-likeness (QED) is 0.121. The van der Waals surface area contributed by atoms with Crippen molar-refractivity contribution in [3.05, 3.63) is 73.5 Å². The number of amides is 2. The first-order valence-corrected chi connectivity index (χ1v) is 28.2. The fourth-order valence-electron chi connectivity index (χ4n) is 7.41. The van der Waals surface area contributed by atoms with E-state index in [0.29, 0.717) is 19.4 Å². The maximum absolute atomic E-state index is 14.5. The second kappa shape index (κ2) is 17.5. The topological polar surface area (TPSA) is 237 Å². The van der Waals surface area contributed by atoms with Gasteiger partial charge in [-0.05, 0) is 86.6 Å². The third-order valence-corrected chi connectivity index (χ3v) is 23.1. The summed E-state index contributed by atoms with van der Waals surface area (Å²) in [6.45, 7) is 22.2. The van der Waals surface area contributed by atoms with Gasteiger partial charge in [0.2, 0.25) is 11.8 Å². The van der Waals surface area contributed by atoms with E-state index in [-0.39, 0.29) is 71.4 Å². The van der Waals surface area contributed by atoms with E-state index in [0.717, 1.165) is 15.5 Å². The van der Waals surface area contributed by atoms with Crippen LogP contribution in [-0.4, -0.2) is 106 Å². The zero-order valence-electron chi connectivity index (χ0n) is 37.4. The number of hydrogen-bond donors (Lipinski definition) is 4. The van der Waals surface area contributed by atoms with Gasteiger partial charge in [0.15, 0.2) is 28.5 Å². The third-order valence-electron chi connectivity index (χ3n) is 13.1. The van der Waals surface area contributed by atoms with Crippen molar-refractivity contribution in [1.29, 1.82) is 0 Å². The number of hydrogen-bond acceptors (Lipinski definition) is 13. The first-order chi connectivity index (χ1) is 28.0. The number of nitrogens with zero attached hydrogens (tertiary/aromatic N) is 3. The molecule has 3 aliphatic heterocycles. The first-order valence-electron chi connectivity index (χ1n) is 20.9. The molecule has 3 aliphatic rings. The number of aryl methyl sites for hydroxylation is 1. The average Bonchev–Trinajstić information content (AvgIpc) is 3.81.